The lowest BCUT2D eigenvalue weighted by Gasteiger charge is -2.17. The van der Waals surface area contributed by atoms with Gasteiger partial charge in [0.15, 0.2) is 0 Å². The summed E-state index contributed by atoms with van der Waals surface area (Å²) in [4.78, 5) is 11.2. The van der Waals surface area contributed by atoms with E-state index >= 15 is 0 Å². The Balaban J connectivity index is 3.94. The van der Waals surface area contributed by atoms with Crippen LogP contribution >= 0.6 is 0 Å². The van der Waals surface area contributed by atoms with E-state index in [4.69, 9.17) is 9.47 Å². The number of rotatable bonds is 6. The Bertz CT molecular complexity index is 207. The van der Waals surface area contributed by atoms with Crippen molar-refractivity contribution in [3.63, 3.8) is 0 Å². The molecule has 0 aromatic heterocycles. The van der Waals surface area contributed by atoms with Crippen LogP contribution in [0.1, 0.15) is 34.6 Å². The Morgan fingerprint density at radius 3 is 2.27 bits per heavy atom. The predicted octanol–water partition coefficient (Wildman–Crippen LogP) is 2.56. The normalized spacial score (nSPS) is 13.8. The summed E-state index contributed by atoms with van der Waals surface area (Å²) in [5, 5.41) is 0. The lowest BCUT2D eigenvalue weighted by molar-refractivity contribution is -0.154. The number of ether oxygens (including phenoxy) is 2. The summed E-state index contributed by atoms with van der Waals surface area (Å²) in [5.41, 5.74) is 0. The Morgan fingerprint density at radius 2 is 1.87 bits per heavy atom. The number of hydrogen-bond donors (Lipinski definition) is 0. The van der Waals surface area contributed by atoms with Gasteiger partial charge in [-0.25, -0.2) is 4.79 Å². The Morgan fingerprint density at radius 1 is 1.27 bits per heavy atom. The molecule has 0 saturated carbocycles. The zero-order valence-corrected chi connectivity index (χ0v) is 10.3. The second-order valence-electron chi connectivity index (χ2n) is 4.08. The fraction of sp³-hybridized carbons (Fsp3) is 0.750. The molecule has 15 heavy (non-hydrogen) atoms. The summed E-state index contributed by atoms with van der Waals surface area (Å²) in [7, 11) is 0. The smallest absolute Gasteiger partial charge is 0.332 e. The number of allylic oxidation sites excluding steroid dienone is 1. The monoisotopic (exact) mass is 214 g/mol. The molecular formula is C12H22O3. The molecule has 0 aromatic carbocycles. The molecule has 0 fully saturated rings. The third-order valence-corrected chi connectivity index (χ3v) is 1.80. The van der Waals surface area contributed by atoms with Crippen molar-refractivity contribution in [1.82, 2.24) is 0 Å². The number of carbonyl (C=O) groups excluding carboxylic acids is 1. The van der Waals surface area contributed by atoms with Gasteiger partial charge >= 0.3 is 5.97 Å². The van der Waals surface area contributed by atoms with E-state index < -0.39 is 0 Å². The molecule has 3 nitrogen and oxygen atoms in total. The third-order valence-electron chi connectivity index (χ3n) is 1.80. The highest BCUT2D eigenvalue weighted by Crippen LogP contribution is 2.08. The van der Waals surface area contributed by atoms with Crippen LogP contribution in [-0.2, 0) is 14.3 Å². The van der Waals surface area contributed by atoms with Gasteiger partial charge in [0.1, 0.15) is 6.61 Å². The van der Waals surface area contributed by atoms with Crippen molar-refractivity contribution in [3.8, 4) is 0 Å². The number of hydrogen-bond acceptors (Lipinski definition) is 3. The van der Waals surface area contributed by atoms with E-state index in [-0.39, 0.29) is 24.8 Å². The molecule has 0 rings (SSSR count). The summed E-state index contributed by atoms with van der Waals surface area (Å²) in [6.07, 6.45) is 3.78. The first-order chi connectivity index (χ1) is 6.97. The fourth-order valence-electron chi connectivity index (χ4n) is 1.12. The molecule has 0 spiro atoms. The molecular weight excluding hydrogens is 192 g/mol. The Hall–Kier alpha value is -0.830. The van der Waals surface area contributed by atoms with Gasteiger partial charge in [0.05, 0.1) is 12.2 Å². The van der Waals surface area contributed by atoms with Crippen molar-refractivity contribution >= 4 is 5.97 Å². The first-order valence-corrected chi connectivity index (χ1v) is 5.41. The second-order valence-corrected chi connectivity index (χ2v) is 4.08. The molecule has 0 heterocycles. The summed E-state index contributed by atoms with van der Waals surface area (Å²) in [5.74, 6) is 0.0493. The molecule has 88 valence electrons. The molecule has 3 heteroatoms. The molecule has 0 radical (unpaired) electrons. The topological polar surface area (TPSA) is 35.5 Å². The van der Waals surface area contributed by atoms with E-state index in [1.807, 2.05) is 32.9 Å². The fourth-order valence-corrected chi connectivity index (χ4v) is 1.12. The molecule has 1 unspecified atom stereocenters. The predicted molar refractivity (Wildman–Crippen MR) is 60.6 cm³/mol. The summed E-state index contributed by atoms with van der Waals surface area (Å²) >= 11 is 0. The van der Waals surface area contributed by atoms with Crippen LogP contribution in [-0.4, -0.2) is 24.8 Å². The average molecular weight is 214 g/mol. The van der Waals surface area contributed by atoms with Crippen molar-refractivity contribution in [3.05, 3.63) is 12.2 Å². The van der Waals surface area contributed by atoms with Gasteiger partial charge in [-0.05, 0) is 26.7 Å². The van der Waals surface area contributed by atoms with Crippen LogP contribution < -0.4 is 0 Å². The van der Waals surface area contributed by atoms with E-state index in [1.54, 1.807) is 0 Å². The lowest BCUT2D eigenvalue weighted by atomic mass is 10.1. The molecule has 0 aliphatic rings. The maximum atomic E-state index is 11.2. The Labute approximate surface area is 92.5 Å². The van der Waals surface area contributed by atoms with Gasteiger partial charge < -0.3 is 9.47 Å². The van der Waals surface area contributed by atoms with Gasteiger partial charge in [-0.1, -0.05) is 26.0 Å². The summed E-state index contributed by atoms with van der Waals surface area (Å²) in [6, 6.07) is 0. The number of esters is 1. The van der Waals surface area contributed by atoms with Crippen molar-refractivity contribution in [2.45, 2.75) is 46.8 Å². The largest absolute Gasteiger partial charge is 0.461 e. The molecule has 0 aliphatic heterocycles. The van der Waals surface area contributed by atoms with Gasteiger partial charge in [-0.15, -0.1) is 0 Å². The highest BCUT2D eigenvalue weighted by Gasteiger charge is 2.13. The van der Waals surface area contributed by atoms with Crippen molar-refractivity contribution in [2.75, 3.05) is 6.61 Å². The quantitative estimate of drug-likeness (QED) is 0.503. The van der Waals surface area contributed by atoms with E-state index in [9.17, 15) is 4.79 Å². The average Bonchev–Trinajstić information content (AvgIpc) is 2.10. The van der Waals surface area contributed by atoms with E-state index in [2.05, 4.69) is 13.8 Å². The third kappa shape index (κ3) is 7.14. The van der Waals surface area contributed by atoms with Crippen LogP contribution in [0.2, 0.25) is 0 Å². The molecule has 0 N–H and O–H groups in total. The SMILES string of the molecule is C/C=C/C(OCC(=O)OC(C)C)C(C)C. The van der Waals surface area contributed by atoms with E-state index in [1.165, 1.54) is 0 Å². The first kappa shape index (κ1) is 14.2. The van der Waals surface area contributed by atoms with Gasteiger partial charge in [-0.3, -0.25) is 0 Å². The zero-order chi connectivity index (χ0) is 11.8. The molecule has 0 amide bonds. The standard InChI is InChI=1S/C12H22O3/c1-6-7-11(9(2)3)14-8-12(13)15-10(4)5/h6-7,9-11H,8H2,1-5H3/b7-6+. The van der Waals surface area contributed by atoms with Crippen LogP contribution in [0.25, 0.3) is 0 Å². The lowest BCUT2D eigenvalue weighted by Crippen LogP contribution is -2.24. The maximum absolute atomic E-state index is 11.2. The van der Waals surface area contributed by atoms with Crippen molar-refractivity contribution < 1.29 is 14.3 Å². The Kier molecular flexibility index (Phi) is 7.05. The van der Waals surface area contributed by atoms with Crippen LogP contribution in [0.15, 0.2) is 12.2 Å². The highest BCUT2D eigenvalue weighted by molar-refractivity contribution is 5.70. The van der Waals surface area contributed by atoms with E-state index in [0.29, 0.717) is 5.92 Å². The minimum absolute atomic E-state index is 0.0188. The molecule has 0 aromatic rings. The zero-order valence-electron chi connectivity index (χ0n) is 10.3. The van der Waals surface area contributed by atoms with Gasteiger partial charge in [0.25, 0.3) is 0 Å². The van der Waals surface area contributed by atoms with Crippen molar-refractivity contribution in [1.29, 1.82) is 0 Å². The molecule has 0 bridgehead atoms. The molecule has 0 aliphatic carbocycles. The molecule has 0 saturated heterocycles. The number of carbonyl (C=O) groups is 1. The van der Waals surface area contributed by atoms with Gasteiger partial charge in [-0.2, -0.15) is 0 Å². The van der Waals surface area contributed by atoms with Crippen molar-refractivity contribution in [2.24, 2.45) is 5.92 Å². The van der Waals surface area contributed by atoms with Crippen LogP contribution in [0, 0.1) is 5.92 Å². The van der Waals surface area contributed by atoms with Gasteiger partial charge in [0, 0.05) is 0 Å². The van der Waals surface area contributed by atoms with Crippen LogP contribution in [0.3, 0.4) is 0 Å². The first-order valence-electron chi connectivity index (χ1n) is 5.41. The highest BCUT2D eigenvalue weighted by atomic mass is 16.6. The van der Waals surface area contributed by atoms with Crippen LogP contribution in [0.5, 0.6) is 0 Å². The van der Waals surface area contributed by atoms with Crippen LogP contribution in [0.4, 0.5) is 0 Å². The summed E-state index contributed by atoms with van der Waals surface area (Å²) in [6.45, 7) is 9.71. The minimum atomic E-state index is -0.305. The van der Waals surface area contributed by atoms with E-state index in [0.717, 1.165) is 0 Å². The molecule has 1 atom stereocenters. The minimum Gasteiger partial charge on any atom is -0.461 e. The second kappa shape index (κ2) is 7.46. The van der Waals surface area contributed by atoms with Gasteiger partial charge in [0.2, 0.25) is 0 Å². The maximum Gasteiger partial charge on any atom is 0.332 e. The summed E-state index contributed by atoms with van der Waals surface area (Å²) < 4.78 is 10.4.